The Labute approximate surface area is 289 Å². The molecule has 1 aliphatic rings. The fourth-order valence-electron chi connectivity index (χ4n) is 6.01. The molecule has 1 atom stereocenters. The summed E-state index contributed by atoms with van der Waals surface area (Å²) < 4.78 is 24.4. The van der Waals surface area contributed by atoms with Gasteiger partial charge in [-0.25, -0.2) is 14.3 Å². The van der Waals surface area contributed by atoms with Gasteiger partial charge in [-0.3, -0.25) is 0 Å². The Morgan fingerprint density at radius 1 is 0.939 bits per heavy atom. The van der Waals surface area contributed by atoms with Crippen molar-refractivity contribution in [3.63, 3.8) is 0 Å². The maximum atomic E-state index is 12.7. The first-order valence-corrected chi connectivity index (χ1v) is 17.1. The van der Waals surface area contributed by atoms with Crippen LogP contribution in [0, 0.1) is 5.92 Å². The summed E-state index contributed by atoms with van der Waals surface area (Å²) >= 11 is 0. The van der Waals surface area contributed by atoms with Crippen molar-refractivity contribution in [2.45, 2.75) is 91.2 Å². The fourth-order valence-corrected chi connectivity index (χ4v) is 6.01. The van der Waals surface area contributed by atoms with Crippen LogP contribution in [-0.4, -0.2) is 74.7 Å². The van der Waals surface area contributed by atoms with E-state index in [1.165, 1.54) is 0 Å². The predicted molar refractivity (Wildman–Crippen MR) is 187 cm³/mol. The number of imidazole rings is 1. The van der Waals surface area contributed by atoms with Gasteiger partial charge in [-0.2, -0.15) is 4.98 Å². The zero-order chi connectivity index (χ0) is 35.1. The number of aliphatic hydroxyl groups is 1. The lowest BCUT2D eigenvalue weighted by atomic mass is 9.90. The number of hydrogen-bond acceptors (Lipinski definition) is 10. The quantitative estimate of drug-likeness (QED) is 0.166. The second-order valence-electron chi connectivity index (χ2n) is 13.5. The summed E-state index contributed by atoms with van der Waals surface area (Å²) in [5.41, 5.74) is 2.61. The molecular weight excluding hydrogens is 624 g/mol. The third-order valence-electron chi connectivity index (χ3n) is 8.84. The summed E-state index contributed by atoms with van der Waals surface area (Å²) in [4.78, 5) is 26.3. The number of carbonyl (C=O) groups is 1. The SMILES string of the molecule is CCC(CC)Oc1nc(N(Cc2ccc(OC)cc2)Cc2ccc(OC)cc2)c2ncc(C(O)C3CCN(C(=O)OC(C)(C)C)CC3)n2n1. The van der Waals surface area contributed by atoms with Crippen LogP contribution in [0.3, 0.4) is 0 Å². The summed E-state index contributed by atoms with van der Waals surface area (Å²) in [7, 11) is 3.30. The number of amides is 1. The summed E-state index contributed by atoms with van der Waals surface area (Å²) in [5, 5.41) is 16.6. The molecule has 0 spiro atoms. The Kier molecular flexibility index (Phi) is 11.5. The van der Waals surface area contributed by atoms with E-state index in [-0.39, 0.29) is 24.1 Å². The van der Waals surface area contributed by atoms with Crippen LogP contribution in [0.1, 0.15) is 83.2 Å². The van der Waals surface area contributed by atoms with Gasteiger partial charge in [-0.05, 0) is 87.8 Å². The van der Waals surface area contributed by atoms with Crippen LogP contribution in [0.2, 0.25) is 0 Å². The molecule has 1 N–H and O–H groups in total. The number of rotatable bonds is 13. The molecule has 0 saturated carbocycles. The van der Waals surface area contributed by atoms with Gasteiger partial charge in [0.15, 0.2) is 11.5 Å². The lowest BCUT2D eigenvalue weighted by molar-refractivity contribution is 0.00686. The van der Waals surface area contributed by atoms with Crippen molar-refractivity contribution in [1.82, 2.24) is 24.5 Å². The number of piperidine rings is 1. The van der Waals surface area contributed by atoms with E-state index in [0.717, 1.165) is 35.5 Å². The van der Waals surface area contributed by atoms with Crippen LogP contribution in [0.5, 0.6) is 17.5 Å². The zero-order valence-corrected chi connectivity index (χ0v) is 29.8. The van der Waals surface area contributed by atoms with Gasteiger partial charge in [0.1, 0.15) is 29.3 Å². The highest BCUT2D eigenvalue weighted by molar-refractivity contribution is 5.68. The van der Waals surface area contributed by atoms with Crippen LogP contribution < -0.4 is 19.1 Å². The first-order valence-electron chi connectivity index (χ1n) is 17.1. The number of benzene rings is 2. The number of likely N-dealkylation sites (tertiary alicyclic amines) is 1. The molecule has 12 heteroatoms. The number of anilines is 1. The Morgan fingerprint density at radius 3 is 1.98 bits per heavy atom. The van der Waals surface area contributed by atoms with Gasteiger partial charge in [0.2, 0.25) is 0 Å². The van der Waals surface area contributed by atoms with Gasteiger partial charge >= 0.3 is 12.1 Å². The molecule has 1 fully saturated rings. The van der Waals surface area contributed by atoms with Gasteiger partial charge in [0, 0.05) is 26.2 Å². The van der Waals surface area contributed by atoms with Crippen LogP contribution in [-0.2, 0) is 17.8 Å². The average Bonchev–Trinajstić information content (AvgIpc) is 3.53. The number of nitrogens with zero attached hydrogens (tertiary/aromatic N) is 6. The molecule has 0 bridgehead atoms. The van der Waals surface area contributed by atoms with Crippen molar-refractivity contribution in [1.29, 1.82) is 0 Å². The molecule has 0 radical (unpaired) electrons. The van der Waals surface area contributed by atoms with Gasteiger partial charge in [0.25, 0.3) is 0 Å². The topological polar surface area (TPSA) is 124 Å². The molecule has 1 unspecified atom stereocenters. The van der Waals surface area contributed by atoms with E-state index in [9.17, 15) is 9.90 Å². The summed E-state index contributed by atoms with van der Waals surface area (Å²) in [6.45, 7) is 11.7. The maximum absolute atomic E-state index is 12.7. The minimum Gasteiger partial charge on any atom is -0.497 e. The average molecular weight is 675 g/mol. The molecule has 4 aromatic rings. The minimum absolute atomic E-state index is 0.0731. The van der Waals surface area contributed by atoms with Gasteiger partial charge in [-0.15, -0.1) is 5.10 Å². The Morgan fingerprint density at radius 2 is 1.49 bits per heavy atom. The smallest absolute Gasteiger partial charge is 0.410 e. The second-order valence-corrected chi connectivity index (χ2v) is 13.5. The summed E-state index contributed by atoms with van der Waals surface area (Å²) in [6, 6.07) is 16.1. The summed E-state index contributed by atoms with van der Waals surface area (Å²) in [6.07, 6.45) is 3.23. The monoisotopic (exact) mass is 674 g/mol. The number of aromatic nitrogens is 4. The molecule has 2 aromatic carbocycles. The zero-order valence-electron chi connectivity index (χ0n) is 29.8. The van der Waals surface area contributed by atoms with Crippen molar-refractivity contribution in [3.05, 3.63) is 71.5 Å². The van der Waals surface area contributed by atoms with Crippen molar-refractivity contribution >= 4 is 17.6 Å². The first-order chi connectivity index (χ1) is 23.5. The van der Waals surface area contributed by atoms with Crippen molar-refractivity contribution in [3.8, 4) is 17.5 Å². The van der Waals surface area contributed by atoms with Crippen LogP contribution in [0.4, 0.5) is 10.6 Å². The van der Waals surface area contributed by atoms with E-state index in [1.807, 2.05) is 69.3 Å². The number of hydrogen-bond donors (Lipinski definition) is 1. The van der Waals surface area contributed by atoms with Gasteiger partial charge < -0.3 is 33.9 Å². The molecule has 1 amide bonds. The highest BCUT2D eigenvalue weighted by atomic mass is 16.6. The second kappa shape index (κ2) is 15.8. The number of methoxy groups -OCH3 is 2. The molecular formula is C37H50N6O6. The van der Waals surface area contributed by atoms with Crippen molar-refractivity contribution in [2.75, 3.05) is 32.2 Å². The molecule has 49 heavy (non-hydrogen) atoms. The van der Waals surface area contributed by atoms with E-state index in [1.54, 1.807) is 29.8 Å². The number of carbonyl (C=O) groups excluding carboxylic acids is 1. The molecule has 0 aliphatic carbocycles. The molecule has 2 aromatic heterocycles. The molecule has 264 valence electrons. The van der Waals surface area contributed by atoms with Crippen LogP contribution in [0.25, 0.3) is 5.65 Å². The van der Waals surface area contributed by atoms with Crippen molar-refractivity contribution < 1.29 is 28.8 Å². The molecule has 3 heterocycles. The Hall–Kier alpha value is -4.58. The summed E-state index contributed by atoms with van der Waals surface area (Å²) in [5.74, 6) is 2.04. The minimum atomic E-state index is -0.865. The molecule has 5 rings (SSSR count). The lowest BCUT2D eigenvalue weighted by Crippen LogP contribution is -2.42. The third-order valence-corrected chi connectivity index (χ3v) is 8.84. The largest absolute Gasteiger partial charge is 0.497 e. The number of fused-ring (bicyclic) bond motifs is 1. The third kappa shape index (κ3) is 8.91. The van der Waals surface area contributed by atoms with E-state index in [4.69, 9.17) is 34.0 Å². The predicted octanol–water partition coefficient (Wildman–Crippen LogP) is 6.60. The van der Waals surface area contributed by atoms with Gasteiger partial charge in [0.05, 0.1) is 26.1 Å². The van der Waals surface area contributed by atoms with Crippen LogP contribution in [0.15, 0.2) is 54.7 Å². The molecule has 1 aliphatic heterocycles. The number of aliphatic hydroxyl groups excluding tert-OH is 1. The fraction of sp³-hybridized carbons (Fsp3) is 0.514. The Balaban J connectivity index is 1.51. The molecule has 12 nitrogen and oxygen atoms in total. The highest BCUT2D eigenvalue weighted by Crippen LogP contribution is 2.34. The van der Waals surface area contributed by atoms with Crippen LogP contribution >= 0.6 is 0 Å². The Bertz CT molecular complexity index is 1610. The van der Waals surface area contributed by atoms with Crippen molar-refractivity contribution in [2.24, 2.45) is 5.92 Å². The van der Waals surface area contributed by atoms with Gasteiger partial charge in [-0.1, -0.05) is 38.1 Å². The molecule has 1 saturated heterocycles. The van der Waals surface area contributed by atoms with E-state index < -0.39 is 11.7 Å². The maximum Gasteiger partial charge on any atom is 0.410 e. The van der Waals surface area contributed by atoms with E-state index in [0.29, 0.717) is 56.2 Å². The van der Waals surface area contributed by atoms with E-state index >= 15 is 0 Å². The van der Waals surface area contributed by atoms with E-state index in [2.05, 4.69) is 18.7 Å². The highest BCUT2D eigenvalue weighted by Gasteiger charge is 2.33. The standard InChI is InChI=1S/C37H50N6O6/c1-8-28(9-2)48-35-39-34(42(23-25-10-14-29(46-6)15-11-25)24-26-12-16-30(47-7)17-13-26)33-38-22-31(43(33)40-35)32(44)27-18-20-41(21-19-27)36(45)49-37(3,4)5/h10-17,22,27-28,32,44H,8-9,18-21,23-24H2,1-7H3. The first kappa shape index (κ1) is 35.7. The number of ether oxygens (including phenoxy) is 4. The normalized spacial score (nSPS) is 14.6. The lowest BCUT2D eigenvalue weighted by Gasteiger charge is -2.35.